The molecule has 1 atom stereocenters. The monoisotopic (exact) mass is 287 g/mol. The van der Waals surface area contributed by atoms with Gasteiger partial charge in [-0.05, 0) is 70.4 Å². The number of rotatable bonds is 2. The van der Waals surface area contributed by atoms with E-state index in [1.54, 1.807) is 0 Å². The summed E-state index contributed by atoms with van der Waals surface area (Å²) in [4.78, 5) is 14.2. The fourth-order valence-corrected chi connectivity index (χ4v) is 3.29. The van der Waals surface area contributed by atoms with Crippen LogP contribution in [0.4, 0.5) is 5.69 Å². The molecule has 1 aromatic carbocycles. The highest BCUT2D eigenvalue weighted by Crippen LogP contribution is 2.41. The van der Waals surface area contributed by atoms with Crippen LogP contribution in [0.5, 0.6) is 0 Å². The van der Waals surface area contributed by atoms with Crippen molar-refractivity contribution in [3.8, 4) is 0 Å². The summed E-state index contributed by atoms with van der Waals surface area (Å²) >= 11 is 0. The van der Waals surface area contributed by atoms with Crippen LogP contribution in [0.3, 0.4) is 0 Å². The van der Waals surface area contributed by atoms with Crippen molar-refractivity contribution in [1.82, 2.24) is 0 Å². The van der Waals surface area contributed by atoms with Gasteiger partial charge in [0.15, 0.2) is 0 Å². The number of anilines is 1. The Balaban J connectivity index is 2.66. The first kappa shape index (κ1) is 15.6. The van der Waals surface area contributed by atoms with Crippen molar-refractivity contribution in [3.05, 3.63) is 34.9 Å². The maximum absolute atomic E-state index is 12.1. The van der Waals surface area contributed by atoms with Gasteiger partial charge in [0.1, 0.15) is 6.04 Å². The van der Waals surface area contributed by atoms with E-state index in [1.165, 1.54) is 29.4 Å². The Morgan fingerprint density at radius 1 is 1.19 bits per heavy atom. The summed E-state index contributed by atoms with van der Waals surface area (Å²) in [6, 6.07) is 4.07. The average molecular weight is 287 g/mol. The van der Waals surface area contributed by atoms with E-state index in [2.05, 4.69) is 57.7 Å². The average Bonchev–Trinajstić information content (AvgIpc) is 2.39. The predicted molar refractivity (Wildman–Crippen MR) is 87.6 cm³/mol. The summed E-state index contributed by atoms with van der Waals surface area (Å²) in [7, 11) is 1.44. The van der Waals surface area contributed by atoms with Gasteiger partial charge in [0.05, 0.1) is 12.6 Å². The van der Waals surface area contributed by atoms with Crippen molar-refractivity contribution >= 4 is 17.2 Å². The molecule has 0 bridgehead atoms. The normalized spacial score (nSPS) is 17.9. The van der Waals surface area contributed by atoms with Gasteiger partial charge >= 0.3 is 5.97 Å². The second kappa shape index (κ2) is 5.21. The van der Waals surface area contributed by atoms with Crippen molar-refractivity contribution in [2.45, 2.75) is 53.1 Å². The lowest BCUT2D eigenvalue weighted by molar-refractivity contribution is -0.142. The molecular formula is C18H25NO2. The molecule has 3 nitrogen and oxygen atoms in total. The topological polar surface area (TPSA) is 29.5 Å². The molecule has 0 fully saturated rings. The fraction of sp³-hybridized carbons (Fsp3) is 0.500. The van der Waals surface area contributed by atoms with Crippen LogP contribution in [0.15, 0.2) is 18.2 Å². The van der Waals surface area contributed by atoms with Crippen LogP contribution in [0.1, 0.15) is 44.4 Å². The SMILES string of the molecule is COC(=O)[C@H](C)N1c2cc(C)c(C)cc2C(C)=CC1(C)C. The first-order valence-corrected chi connectivity index (χ1v) is 7.37. The molecule has 1 heterocycles. The van der Waals surface area contributed by atoms with Crippen LogP contribution < -0.4 is 4.90 Å². The first-order chi connectivity index (χ1) is 9.69. The number of hydrogen-bond acceptors (Lipinski definition) is 3. The Labute approximate surface area is 127 Å². The van der Waals surface area contributed by atoms with E-state index < -0.39 is 0 Å². The second-order valence-electron chi connectivity index (χ2n) is 6.50. The second-order valence-corrected chi connectivity index (χ2v) is 6.50. The summed E-state index contributed by atoms with van der Waals surface area (Å²) in [5.41, 5.74) is 5.85. The molecule has 0 unspecified atom stereocenters. The van der Waals surface area contributed by atoms with Gasteiger partial charge in [0.25, 0.3) is 0 Å². The highest BCUT2D eigenvalue weighted by molar-refractivity contribution is 5.87. The van der Waals surface area contributed by atoms with Crippen LogP contribution in [0.2, 0.25) is 0 Å². The van der Waals surface area contributed by atoms with Crippen molar-refractivity contribution in [2.24, 2.45) is 0 Å². The number of methoxy groups -OCH3 is 1. The maximum Gasteiger partial charge on any atom is 0.328 e. The Morgan fingerprint density at radius 2 is 1.76 bits per heavy atom. The van der Waals surface area contributed by atoms with Crippen LogP contribution in [0, 0.1) is 13.8 Å². The third-order valence-electron chi connectivity index (χ3n) is 4.42. The number of carbonyl (C=O) groups excluding carboxylic acids is 1. The van der Waals surface area contributed by atoms with Gasteiger partial charge in [-0.2, -0.15) is 0 Å². The van der Waals surface area contributed by atoms with Gasteiger partial charge in [-0.3, -0.25) is 0 Å². The molecular weight excluding hydrogens is 262 g/mol. The largest absolute Gasteiger partial charge is 0.467 e. The minimum atomic E-state index is -0.324. The van der Waals surface area contributed by atoms with Gasteiger partial charge in [-0.25, -0.2) is 4.79 Å². The number of hydrogen-bond donors (Lipinski definition) is 0. The summed E-state index contributed by atoms with van der Waals surface area (Å²) < 4.78 is 4.95. The van der Waals surface area contributed by atoms with E-state index in [-0.39, 0.29) is 17.6 Å². The standard InChI is InChI=1S/C18H25NO2/c1-11-8-15-13(3)10-18(5,6)19(14(4)17(20)21-7)16(15)9-12(11)2/h8-10,14H,1-7H3/t14-/m0/s1. The third-order valence-corrected chi connectivity index (χ3v) is 4.42. The van der Waals surface area contributed by atoms with Crippen LogP contribution in [-0.4, -0.2) is 24.7 Å². The molecule has 114 valence electrons. The molecule has 0 aliphatic carbocycles. The van der Waals surface area contributed by atoms with Gasteiger partial charge in [0.2, 0.25) is 0 Å². The number of carbonyl (C=O) groups is 1. The number of aryl methyl sites for hydroxylation is 2. The lowest BCUT2D eigenvalue weighted by Crippen LogP contribution is -2.53. The predicted octanol–water partition coefficient (Wildman–Crippen LogP) is 3.87. The van der Waals surface area contributed by atoms with Crippen LogP contribution in [-0.2, 0) is 9.53 Å². The number of fused-ring (bicyclic) bond motifs is 1. The molecule has 0 saturated carbocycles. The van der Waals surface area contributed by atoms with E-state index in [4.69, 9.17) is 4.74 Å². The third kappa shape index (κ3) is 2.57. The van der Waals surface area contributed by atoms with Crippen molar-refractivity contribution in [2.75, 3.05) is 12.0 Å². The van der Waals surface area contributed by atoms with Gasteiger partial charge in [0, 0.05) is 11.3 Å². The molecule has 1 aliphatic rings. The Bertz CT molecular complexity index is 614. The van der Waals surface area contributed by atoms with Gasteiger partial charge in [-0.1, -0.05) is 6.08 Å². The molecule has 21 heavy (non-hydrogen) atoms. The number of esters is 1. The number of nitrogens with zero attached hydrogens (tertiary/aromatic N) is 1. The number of benzene rings is 1. The Kier molecular flexibility index (Phi) is 3.87. The highest BCUT2D eigenvalue weighted by Gasteiger charge is 2.37. The van der Waals surface area contributed by atoms with Crippen molar-refractivity contribution in [3.63, 3.8) is 0 Å². The van der Waals surface area contributed by atoms with Gasteiger partial charge < -0.3 is 9.64 Å². The zero-order chi connectivity index (χ0) is 15.9. The molecule has 1 aliphatic heterocycles. The molecule has 1 aromatic rings. The minimum Gasteiger partial charge on any atom is -0.467 e. The lowest BCUT2D eigenvalue weighted by atomic mass is 9.86. The number of allylic oxidation sites excluding steroid dienone is 1. The Hall–Kier alpha value is -1.77. The summed E-state index contributed by atoms with van der Waals surface area (Å²) in [5.74, 6) is -0.208. The molecule has 2 rings (SSSR count). The molecule has 0 N–H and O–H groups in total. The molecule has 0 aromatic heterocycles. The van der Waals surface area contributed by atoms with E-state index in [0.29, 0.717) is 0 Å². The molecule has 0 amide bonds. The lowest BCUT2D eigenvalue weighted by Gasteiger charge is -2.46. The van der Waals surface area contributed by atoms with Crippen LogP contribution in [0.25, 0.3) is 5.57 Å². The van der Waals surface area contributed by atoms with Gasteiger partial charge in [-0.15, -0.1) is 0 Å². The summed E-state index contributed by atoms with van der Waals surface area (Å²) in [5, 5.41) is 0. The van der Waals surface area contributed by atoms with E-state index in [1.807, 2.05) is 6.92 Å². The Morgan fingerprint density at radius 3 is 2.33 bits per heavy atom. The zero-order valence-corrected chi connectivity index (χ0v) is 14.1. The fourth-order valence-electron chi connectivity index (χ4n) is 3.29. The van der Waals surface area contributed by atoms with E-state index >= 15 is 0 Å². The van der Waals surface area contributed by atoms with Crippen molar-refractivity contribution in [1.29, 1.82) is 0 Å². The molecule has 0 saturated heterocycles. The highest BCUT2D eigenvalue weighted by atomic mass is 16.5. The zero-order valence-electron chi connectivity index (χ0n) is 14.1. The molecule has 3 heteroatoms. The first-order valence-electron chi connectivity index (χ1n) is 7.37. The maximum atomic E-state index is 12.1. The molecule has 0 spiro atoms. The summed E-state index contributed by atoms with van der Waals surface area (Å²) in [6.45, 7) is 12.5. The van der Waals surface area contributed by atoms with Crippen molar-refractivity contribution < 1.29 is 9.53 Å². The molecule has 0 radical (unpaired) electrons. The quantitative estimate of drug-likeness (QED) is 0.773. The van der Waals surface area contributed by atoms with E-state index in [9.17, 15) is 4.79 Å². The van der Waals surface area contributed by atoms with Crippen LogP contribution >= 0.6 is 0 Å². The number of ether oxygens (including phenoxy) is 1. The summed E-state index contributed by atoms with van der Waals surface area (Å²) in [6.07, 6.45) is 2.23. The van der Waals surface area contributed by atoms with E-state index in [0.717, 1.165) is 5.69 Å². The minimum absolute atomic E-state index is 0.208. The smallest absolute Gasteiger partial charge is 0.328 e.